The van der Waals surface area contributed by atoms with E-state index in [4.69, 9.17) is 8.37 Å². The third kappa shape index (κ3) is 5.41. The maximum atomic E-state index is 10.4. The van der Waals surface area contributed by atoms with Crippen molar-refractivity contribution >= 4 is 22.7 Å². The van der Waals surface area contributed by atoms with Gasteiger partial charge in [0.15, 0.2) is 0 Å². The Balaban J connectivity index is 2.36. The van der Waals surface area contributed by atoms with Crippen LogP contribution in [0.15, 0.2) is 0 Å². The zero-order valence-corrected chi connectivity index (χ0v) is 12.0. The van der Waals surface area contributed by atoms with Gasteiger partial charge in [0.1, 0.15) is 0 Å². The maximum absolute atomic E-state index is 10.4. The molecule has 18 heavy (non-hydrogen) atoms. The molecule has 4 atom stereocenters. The summed E-state index contributed by atoms with van der Waals surface area (Å²) in [6.07, 6.45) is 2.64. The van der Waals surface area contributed by atoms with Crippen molar-refractivity contribution in [2.45, 2.75) is 51.7 Å². The SMILES string of the molecule is CC(OS(=O)[O-])C1CCC(C(C)OS(=O)[O-])CC1. The van der Waals surface area contributed by atoms with Crippen LogP contribution in [-0.2, 0) is 31.1 Å². The molecule has 0 aromatic carbocycles. The molecule has 1 saturated carbocycles. The Kier molecular flexibility index (Phi) is 6.89. The van der Waals surface area contributed by atoms with Crippen molar-refractivity contribution in [3.63, 3.8) is 0 Å². The van der Waals surface area contributed by atoms with Crippen LogP contribution < -0.4 is 0 Å². The molecule has 1 fully saturated rings. The van der Waals surface area contributed by atoms with Crippen LogP contribution in [0.2, 0.25) is 0 Å². The van der Waals surface area contributed by atoms with E-state index < -0.39 is 22.7 Å². The summed E-state index contributed by atoms with van der Waals surface area (Å²) in [6, 6.07) is 0. The summed E-state index contributed by atoms with van der Waals surface area (Å²) >= 11 is -4.96. The maximum Gasteiger partial charge on any atom is 0.0844 e. The molecule has 0 aromatic heterocycles. The highest BCUT2D eigenvalue weighted by atomic mass is 32.2. The Hall–Kier alpha value is 0.140. The van der Waals surface area contributed by atoms with Crippen LogP contribution in [0.4, 0.5) is 0 Å². The Morgan fingerprint density at radius 3 is 1.39 bits per heavy atom. The second-order valence-electron chi connectivity index (χ2n) is 4.69. The summed E-state index contributed by atoms with van der Waals surface area (Å²) in [4.78, 5) is 0. The highest BCUT2D eigenvalue weighted by Crippen LogP contribution is 2.34. The Bertz CT molecular complexity index is 273. The van der Waals surface area contributed by atoms with Crippen LogP contribution in [-0.4, -0.2) is 29.7 Å². The monoisotopic (exact) mass is 298 g/mol. The lowest BCUT2D eigenvalue weighted by Gasteiger charge is -2.34. The van der Waals surface area contributed by atoms with Crippen molar-refractivity contribution < 1.29 is 25.9 Å². The van der Waals surface area contributed by atoms with E-state index in [1.54, 1.807) is 13.8 Å². The van der Waals surface area contributed by atoms with Gasteiger partial charge in [-0.15, -0.1) is 0 Å². The van der Waals surface area contributed by atoms with Crippen LogP contribution in [0.25, 0.3) is 0 Å². The first-order valence-corrected chi connectivity index (χ1v) is 7.93. The molecule has 8 heteroatoms. The van der Waals surface area contributed by atoms with E-state index in [9.17, 15) is 17.5 Å². The molecule has 1 aliphatic rings. The average Bonchev–Trinajstić information content (AvgIpc) is 2.27. The first-order valence-electron chi connectivity index (χ1n) is 5.93. The molecule has 6 nitrogen and oxygen atoms in total. The van der Waals surface area contributed by atoms with Gasteiger partial charge in [-0.2, -0.15) is 0 Å². The van der Waals surface area contributed by atoms with Gasteiger partial charge in [-0.1, -0.05) is 0 Å². The highest BCUT2D eigenvalue weighted by molar-refractivity contribution is 7.74. The van der Waals surface area contributed by atoms with E-state index in [1.807, 2.05) is 0 Å². The van der Waals surface area contributed by atoms with Gasteiger partial charge < -0.3 is 9.11 Å². The number of rotatable bonds is 6. The molecule has 0 aliphatic heterocycles. The lowest BCUT2D eigenvalue weighted by Crippen LogP contribution is -2.31. The third-order valence-corrected chi connectivity index (χ3v) is 4.53. The third-order valence-electron chi connectivity index (χ3n) is 3.60. The molecule has 0 radical (unpaired) electrons. The van der Waals surface area contributed by atoms with Crippen molar-refractivity contribution in [2.24, 2.45) is 11.8 Å². The van der Waals surface area contributed by atoms with E-state index >= 15 is 0 Å². The Labute approximate surface area is 112 Å². The summed E-state index contributed by atoms with van der Waals surface area (Å²) in [6.45, 7) is 3.49. The summed E-state index contributed by atoms with van der Waals surface area (Å²) in [5, 5.41) is 0. The Morgan fingerprint density at radius 2 is 1.17 bits per heavy atom. The van der Waals surface area contributed by atoms with Crippen molar-refractivity contribution in [3.8, 4) is 0 Å². The molecule has 0 N–H and O–H groups in total. The smallest absolute Gasteiger partial charge is 0.0844 e. The molecule has 1 aliphatic carbocycles. The summed E-state index contributed by atoms with van der Waals surface area (Å²) < 4.78 is 51.2. The molecule has 1 rings (SSSR count). The lowest BCUT2D eigenvalue weighted by molar-refractivity contribution is 0.0709. The average molecular weight is 298 g/mol. The predicted molar refractivity (Wildman–Crippen MR) is 64.4 cm³/mol. The number of hydrogen-bond donors (Lipinski definition) is 0. The minimum absolute atomic E-state index is 0.198. The fourth-order valence-electron chi connectivity index (χ4n) is 2.49. The second-order valence-corrected chi connectivity index (χ2v) is 5.89. The molecule has 108 valence electrons. The van der Waals surface area contributed by atoms with Crippen LogP contribution in [0, 0.1) is 11.8 Å². The van der Waals surface area contributed by atoms with Crippen LogP contribution >= 0.6 is 0 Å². The van der Waals surface area contributed by atoms with Gasteiger partial charge in [-0.05, 0) is 51.4 Å². The van der Waals surface area contributed by atoms with Gasteiger partial charge in [0.2, 0.25) is 0 Å². The zero-order valence-electron chi connectivity index (χ0n) is 10.4. The molecule has 0 spiro atoms. The minimum atomic E-state index is -2.48. The van der Waals surface area contributed by atoms with Crippen molar-refractivity contribution in [3.05, 3.63) is 0 Å². The van der Waals surface area contributed by atoms with Crippen molar-refractivity contribution in [1.82, 2.24) is 0 Å². The van der Waals surface area contributed by atoms with E-state index in [2.05, 4.69) is 0 Å². The number of hydrogen-bond acceptors (Lipinski definition) is 6. The predicted octanol–water partition coefficient (Wildman–Crippen LogP) is 1.19. The van der Waals surface area contributed by atoms with Gasteiger partial charge in [0.25, 0.3) is 0 Å². The normalized spacial score (nSPS) is 31.6. The van der Waals surface area contributed by atoms with Gasteiger partial charge >= 0.3 is 0 Å². The summed E-state index contributed by atoms with van der Waals surface area (Å²) in [5.74, 6) is 0.396. The van der Waals surface area contributed by atoms with Crippen molar-refractivity contribution in [1.29, 1.82) is 0 Å². The fraction of sp³-hybridized carbons (Fsp3) is 1.00. The molecule has 0 heterocycles. The van der Waals surface area contributed by atoms with E-state index in [0.29, 0.717) is 0 Å². The zero-order chi connectivity index (χ0) is 13.7. The van der Waals surface area contributed by atoms with E-state index in [1.165, 1.54) is 0 Å². The van der Waals surface area contributed by atoms with Gasteiger partial charge in [-0.25, -0.2) is 8.42 Å². The first kappa shape index (κ1) is 16.2. The first-order chi connectivity index (χ1) is 8.40. The molecular weight excluding hydrogens is 280 g/mol. The van der Waals surface area contributed by atoms with Crippen LogP contribution in [0.5, 0.6) is 0 Å². The minimum Gasteiger partial charge on any atom is -0.750 e. The van der Waals surface area contributed by atoms with E-state index in [0.717, 1.165) is 25.7 Å². The largest absolute Gasteiger partial charge is 0.750 e. The molecule has 0 amide bonds. The van der Waals surface area contributed by atoms with Crippen molar-refractivity contribution in [2.75, 3.05) is 0 Å². The summed E-state index contributed by atoms with van der Waals surface area (Å²) in [5.41, 5.74) is 0. The van der Waals surface area contributed by atoms with Crippen LogP contribution in [0.1, 0.15) is 39.5 Å². The molecule has 4 unspecified atom stereocenters. The quantitative estimate of drug-likeness (QED) is 0.683. The molecule has 0 aromatic rings. The van der Waals surface area contributed by atoms with E-state index in [-0.39, 0.29) is 24.0 Å². The Morgan fingerprint density at radius 1 is 0.889 bits per heavy atom. The molecule has 0 bridgehead atoms. The summed E-state index contributed by atoms with van der Waals surface area (Å²) in [7, 11) is 0. The van der Waals surface area contributed by atoms with Gasteiger partial charge in [0, 0.05) is 0 Å². The lowest BCUT2D eigenvalue weighted by atomic mass is 9.78. The van der Waals surface area contributed by atoms with Gasteiger partial charge in [-0.3, -0.25) is 8.37 Å². The topological polar surface area (TPSA) is 98.7 Å². The fourth-order valence-corrected chi connectivity index (χ4v) is 3.30. The molecular formula is C10H18O6S2-2. The molecule has 0 saturated heterocycles. The van der Waals surface area contributed by atoms with Crippen LogP contribution in [0.3, 0.4) is 0 Å². The highest BCUT2D eigenvalue weighted by Gasteiger charge is 2.29. The van der Waals surface area contributed by atoms with Gasteiger partial charge in [0.05, 0.1) is 34.9 Å². The second kappa shape index (κ2) is 7.66. The standard InChI is InChI=1S/C10H20O6S2/c1-7(15-17(11)12)9-3-5-10(6-4-9)8(2)16-18(13)14/h7-10H,3-6H2,1-2H3,(H,11,12)(H,13,14)/p-2.